The number of hydrogen-bond acceptors (Lipinski definition) is 3. The van der Waals surface area contributed by atoms with Crippen LogP contribution in [-0.4, -0.2) is 24.3 Å². The SMILES string of the molecule is CC(=O)[C@@H](CC(C)C)NC(=O)[C@@H](C)CCCN. The second kappa shape index (κ2) is 8.23. The third-order valence-electron chi connectivity index (χ3n) is 2.80. The highest BCUT2D eigenvalue weighted by atomic mass is 16.2. The van der Waals surface area contributed by atoms with E-state index in [0.717, 1.165) is 12.8 Å². The Morgan fingerprint density at radius 3 is 2.24 bits per heavy atom. The van der Waals surface area contributed by atoms with Gasteiger partial charge in [0.25, 0.3) is 0 Å². The smallest absolute Gasteiger partial charge is 0.223 e. The highest BCUT2D eigenvalue weighted by molar-refractivity contribution is 5.88. The largest absolute Gasteiger partial charge is 0.346 e. The number of carbonyl (C=O) groups excluding carboxylic acids is 2. The molecule has 0 radical (unpaired) electrons. The van der Waals surface area contributed by atoms with Crippen molar-refractivity contribution >= 4 is 11.7 Å². The Bertz CT molecular complexity index is 252. The molecule has 0 aromatic heterocycles. The molecule has 0 bridgehead atoms. The summed E-state index contributed by atoms with van der Waals surface area (Å²) in [5.41, 5.74) is 5.41. The number of carbonyl (C=O) groups is 2. The van der Waals surface area contributed by atoms with Gasteiger partial charge in [0.15, 0.2) is 5.78 Å². The zero-order valence-corrected chi connectivity index (χ0v) is 11.5. The lowest BCUT2D eigenvalue weighted by molar-refractivity contribution is -0.129. The maximum absolute atomic E-state index is 11.8. The van der Waals surface area contributed by atoms with E-state index < -0.39 is 0 Å². The Hall–Kier alpha value is -0.900. The first-order valence-electron chi connectivity index (χ1n) is 6.39. The van der Waals surface area contributed by atoms with Gasteiger partial charge in [-0.15, -0.1) is 0 Å². The summed E-state index contributed by atoms with van der Waals surface area (Å²) < 4.78 is 0. The Morgan fingerprint density at radius 2 is 1.82 bits per heavy atom. The third-order valence-corrected chi connectivity index (χ3v) is 2.80. The lowest BCUT2D eigenvalue weighted by atomic mass is 9.99. The molecule has 0 saturated heterocycles. The van der Waals surface area contributed by atoms with E-state index >= 15 is 0 Å². The molecule has 0 heterocycles. The van der Waals surface area contributed by atoms with Gasteiger partial charge in [0, 0.05) is 5.92 Å². The molecule has 0 saturated carbocycles. The minimum absolute atomic E-state index is 0.0260. The van der Waals surface area contributed by atoms with E-state index in [0.29, 0.717) is 18.9 Å². The summed E-state index contributed by atoms with van der Waals surface area (Å²) in [5.74, 6) is 0.300. The van der Waals surface area contributed by atoms with Crippen LogP contribution in [0.3, 0.4) is 0 Å². The van der Waals surface area contributed by atoms with Crippen LogP contribution in [0, 0.1) is 11.8 Å². The average molecular weight is 242 g/mol. The number of amides is 1. The number of rotatable bonds is 8. The zero-order chi connectivity index (χ0) is 13.4. The van der Waals surface area contributed by atoms with Crippen molar-refractivity contribution in [2.75, 3.05) is 6.54 Å². The second-order valence-corrected chi connectivity index (χ2v) is 5.13. The molecular weight excluding hydrogens is 216 g/mol. The summed E-state index contributed by atoms with van der Waals surface area (Å²) in [4.78, 5) is 23.3. The zero-order valence-electron chi connectivity index (χ0n) is 11.5. The van der Waals surface area contributed by atoms with Gasteiger partial charge in [0.05, 0.1) is 6.04 Å². The Balaban J connectivity index is 4.25. The van der Waals surface area contributed by atoms with Crippen molar-refractivity contribution < 1.29 is 9.59 Å². The number of hydrogen-bond donors (Lipinski definition) is 2. The quantitative estimate of drug-likeness (QED) is 0.677. The van der Waals surface area contributed by atoms with Crippen molar-refractivity contribution in [1.29, 1.82) is 0 Å². The predicted molar refractivity (Wildman–Crippen MR) is 69.5 cm³/mol. The van der Waals surface area contributed by atoms with Crippen LogP contribution in [0.1, 0.15) is 47.0 Å². The second-order valence-electron chi connectivity index (χ2n) is 5.13. The Labute approximate surface area is 104 Å². The molecule has 0 aliphatic heterocycles. The van der Waals surface area contributed by atoms with Gasteiger partial charge < -0.3 is 11.1 Å². The van der Waals surface area contributed by atoms with Crippen LogP contribution < -0.4 is 11.1 Å². The molecular formula is C13H26N2O2. The molecule has 4 nitrogen and oxygen atoms in total. The van der Waals surface area contributed by atoms with Crippen molar-refractivity contribution in [3.63, 3.8) is 0 Å². The molecule has 1 amide bonds. The molecule has 0 aromatic rings. The topological polar surface area (TPSA) is 72.2 Å². The number of Topliss-reactive ketones (excluding diaryl/α,β-unsaturated/α-hetero) is 1. The predicted octanol–water partition coefficient (Wildman–Crippen LogP) is 1.48. The molecule has 0 spiro atoms. The van der Waals surface area contributed by atoms with Crippen molar-refractivity contribution in [3.05, 3.63) is 0 Å². The van der Waals surface area contributed by atoms with E-state index in [9.17, 15) is 9.59 Å². The van der Waals surface area contributed by atoms with Gasteiger partial charge in [-0.2, -0.15) is 0 Å². The number of nitrogens with two attached hydrogens (primary N) is 1. The minimum Gasteiger partial charge on any atom is -0.346 e. The normalized spacial score (nSPS) is 14.5. The standard InChI is InChI=1S/C13H26N2O2/c1-9(2)8-12(11(4)16)15-13(17)10(3)6-5-7-14/h9-10,12H,5-8,14H2,1-4H3,(H,15,17)/t10-,12+/m0/s1. The van der Waals surface area contributed by atoms with Crippen LogP contribution in [-0.2, 0) is 9.59 Å². The van der Waals surface area contributed by atoms with Gasteiger partial charge in [-0.05, 0) is 38.6 Å². The summed E-state index contributed by atoms with van der Waals surface area (Å²) in [6.07, 6.45) is 2.31. The molecule has 0 unspecified atom stereocenters. The van der Waals surface area contributed by atoms with Crippen LogP contribution in [0.25, 0.3) is 0 Å². The maximum Gasteiger partial charge on any atom is 0.223 e. The first kappa shape index (κ1) is 16.1. The summed E-state index contributed by atoms with van der Waals surface area (Å²) >= 11 is 0. The van der Waals surface area contributed by atoms with Gasteiger partial charge in [0.2, 0.25) is 5.91 Å². The Kier molecular flexibility index (Phi) is 7.79. The highest BCUT2D eigenvalue weighted by Gasteiger charge is 2.21. The lowest BCUT2D eigenvalue weighted by Gasteiger charge is -2.20. The molecule has 2 atom stereocenters. The molecule has 0 fully saturated rings. The molecule has 0 rings (SSSR count). The van der Waals surface area contributed by atoms with Crippen LogP contribution in [0.15, 0.2) is 0 Å². The summed E-state index contributed by atoms with van der Waals surface area (Å²) in [5, 5.41) is 2.83. The van der Waals surface area contributed by atoms with Crippen LogP contribution in [0.2, 0.25) is 0 Å². The van der Waals surface area contributed by atoms with Crippen molar-refractivity contribution in [3.8, 4) is 0 Å². The molecule has 100 valence electrons. The van der Waals surface area contributed by atoms with E-state index in [1.807, 2.05) is 20.8 Å². The van der Waals surface area contributed by atoms with E-state index in [1.165, 1.54) is 6.92 Å². The van der Waals surface area contributed by atoms with E-state index in [-0.39, 0.29) is 23.7 Å². The van der Waals surface area contributed by atoms with Crippen molar-refractivity contribution in [1.82, 2.24) is 5.32 Å². The molecule has 4 heteroatoms. The third kappa shape index (κ3) is 7.10. The summed E-state index contributed by atoms with van der Waals surface area (Å²) in [6.45, 7) is 8.08. The summed E-state index contributed by atoms with van der Waals surface area (Å²) in [7, 11) is 0. The maximum atomic E-state index is 11.8. The number of nitrogens with one attached hydrogen (secondary N) is 1. The highest BCUT2D eigenvalue weighted by Crippen LogP contribution is 2.09. The lowest BCUT2D eigenvalue weighted by Crippen LogP contribution is -2.43. The first-order valence-corrected chi connectivity index (χ1v) is 6.39. The molecule has 3 N–H and O–H groups in total. The van der Waals surface area contributed by atoms with E-state index in [2.05, 4.69) is 5.32 Å². The van der Waals surface area contributed by atoms with Crippen molar-refractivity contribution in [2.45, 2.75) is 53.0 Å². The fraction of sp³-hybridized carbons (Fsp3) is 0.846. The van der Waals surface area contributed by atoms with E-state index in [4.69, 9.17) is 5.73 Å². The minimum atomic E-state index is -0.345. The molecule has 17 heavy (non-hydrogen) atoms. The van der Waals surface area contributed by atoms with E-state index in [1.54, 1.807) is 0 Å². The molecule has 0 aliphatic rings. The van der Waals surface area contributed by atoms with Gasteiger partial charge >= 0.3 is 0 Å². The monoisotopic (exact) mass is 242 g/mol. The van der Waals surface area contributed by atoms with Gasteiger partial charge in [0.1, 0.15) is 0 Å². The average Bonchev–Trinajstić information content (AvgIpc) is 2.23. The van der Waals surface area contributed by atoms with Gasteiger partial charge in [-0.25, -0.2) is 0 Å². The van der Waals surface area contributed by atoms with Crippen LogP contribution in [0.4, 0.5) is 0 Å². The fourth-order valence-corrected chi connectivity index (χ4v) is 1.67. The first-order chi connectivity index (χ1) is 7.88. The van der Waals surface area contributed by atoms with Crippen LogP contribution in [0.5, 0.6) is 0 Å². The van der Waals surface area contributed by atoms with Gasteiger partial charge in [-0.3, -0.25) is 9.59 Å². The summed E-state index contributed by atoms with van der Waals surface area (Å²) in [6, 6.07) is -0.345. The van der Waals surface area contributed by atoms with Crippen LogP contribution >= 0.6 is 0 Å². The molecule has 0 aromatic carbocycles. The Morgan fingerprint density at radius 1 is 1.24 bits per heavy atom. The van der Waals surface area contributed by atoms with Crippen molar-refractivity contribution in [2.24, 2.45) is 17.6 Å². The fourth-order valence-electron chi connectivity index (χ4n) is 1.67. The molecule has 0 aliphatic carbocycles. The number of ketones is 1. The van der Waals surface area contributed by atoms with Gasteiger partial charge in [-0.1, -0.05) is 20.8 Å².